The van der Waals surface area contributed by atoms with Gasteiger partial charge in [0.05, 0.1) is 20.3 Å². The molecule has 0 unspecified atom stereocenters. The van der Waals surface area contributed by atoms with Crippen molar-refractivity contribution in [2.75, 3.05) is 34.6 Å². The van der Waals surface area contributed by atoms with Crippen LogP contribution < -0.4 is 18.9 Å². The molecule has 150 valence electrons. The van der Waals surface area contributed by atoms with Crippen LogP contribution in [0.3, 0.4) is 0 Å². The van der Waals surface area contributed by atoms with Crippen LogP contribution in [0.25, 0.3) is 0 Å². The number of ether oxygens (including phenoxy) is 4. The molecule has 2 aliphatic heterocycles. The second-order valence-electron chi connectivity index (χ2n) is 7.40. The lowest BCUT2D eigenvalue weighted by Crippen LogP contribution is -2.35. The van der Waals surface area contributed by atoms with Crippen molar-refractivity contribution in [3.05, 3.63) is 47.0 Å². The van der Waals surface area contributed by atoms with E-state index in [0.29, 0.717) is 18.6 Å². The summed E-state index contributed by atoms with van der Waals surface area (Å²) in [6.07, 6.45) is 1.66. The molecule has 0 radical (unpaired) electrons. The highest BCUT2D eigenvalue weighted by Gasteiger charge is 2.34. The molecule has 6 heteroatoms. The lowest BCUT2D eigenvalue weighted by molar-refractivity contribution is 0.107. The van der Waals surface area contributed by atoms with Crippen molar-refractivity contribution in [1.29, 1.82) is 0 Å². The fourth-order valence-electron chi connectivity index (χ4n) is 4.20. The van der Waals surface area contributed by atoms with Crippen LogP contribution in [-0.4, -0.2) is 50.7 Å². The Kier molecular flexibility index (Phi) is 5.33. The second kappa shape index (κ2) is 7.89. The first-order valence-electron chi connectivity index (χ1n) is 9.61. The summed E-state index contributed by atoms with van der Waals surface area (Å²) in [5, 5.41) is 10.8. The number of aliphatic hydroxyl groups excluding tert-OH is 1. The molecule has 0 amide bonds. The van der Waals surface area contributed by atoms with Gasteiger partial charge in [-0.1, -0.05) is 12.1 Å². The topological polar surface area (TPSA) is 60.4 Å². The molecule has 2 aliphatic rings. The number of nitrogens with zero attached hydrogens (tertiary/aromatic N) is 1. The van der Waals surface area contributed by atoms with E-state index in [2.05, 4.69) is 18.0 Å². The number of aliphatic hydroxyl groups is 1. The Labute approximate surface area is 165 Å². The van der Waals surface area contributed by atoms with Gasteiger partial charge in [-0.2, -0.15) is 0 Å². The third-order valence-electron chi connectivity index (χ3n) is 5.67. The number of rotatable bonds is 6. The first-order valence-corrected chi connectivity index (χ1v) is 9.61. The maximum absolute atomic E-state index is 10.8. The van der Waals surface area contributed by atoms with E-state index >= 15 is 0 Å². The van der Waals surface area contributed by atoms with Gasteiger partial charge in [0.25, 0.3) is 0 Å². The highest BCUT2D eigenvalue weighted by atomic mass is 16.7. The molecule has 0 bridgehead atoms. The minimum Gasteiger partial charge on any atom is -0.497 e. The molecule has 2 heterocycles. The van der Waals surface area contributed by atoms with Crippen LogP contribution >= 0.6 is 0 Å². The van der Waals surface area contributed by atoms with Crippen molar-refractivity contribution < 1.29 is 24.1 Å². The number of methoxy groups -OCH3 is 2. The standard InChI is InChI=1S/C22H27NO5/c1-23-9-8-15-11-19-21(28-13-27-19)22(26-3)20(15)18(23)12-16(24)10-14-4-6-17(25-2)7-5-14/h4-7,11,16,18,24H,8-10,12-13H2,1-3H3/t16-,18+/m0/s1. The van der Waals surface area contributed by atoms with Gasteiger partial charge in [0.2, 0.25) is 12.5 Å². The van der Waals surface area contributed by atoms with Crippen molar-refractivity contribution >= 4 is 0 Å². The first-order chi connectivity index (χ1) is 13.6. The molecule has 0 fully saturated rings. The minimum atomic E-state index is -0.470. The van der Waals surface area contributed by atoms with Crippen molar-refractivity contribution in [3.63, 3.8) is 0 Å². The van der Waals surface area contributed by atoms with E-state index < -0.39 is 6.10 Å². The highest BCUT2D eigenvalue weighted by molar-refractivity contribution is 5.61. The average Bonchev–Trinajstić information content (AvgIpc) is 3.17. The Hall–Kier alpha value is -2.44. The van der Waals surface area contributed by atoms with Crippen LogP contribution in [0.4, 0.5) is 0 Å². The Morgan fingerprint density at radius 1 is 1.18 bits per heavy atom. The van der Waals surface area contributed by atoms with Crippen molar-refractivity contribution in [2.45, 2.75) is 31.4 Å². The van der Waals surface area contributed by atoms with Crippen LogP contribution in [0.5, 0.6) is 23.0 Å². The summed E-state index contributed by atoms with van der Waals surface area (Å²) in [6, 6.07) is 9.97. The summed E-state index contributed by atoms with van der Waals surface area (Å²) in [7, 11) is 5.41. The van der Waals surface area contributed by atoms with Gasteiger partial charge in [-0.05, 0) is 55.6 Å². The van der Waals surface area contributed by atoms with Crippen LogP contribution in [0, 0.1) is 0 Å². The smallest absolute Gasteiger partial charge is 0.231 e. The van der Waals surface area contributed by atoms with Crippen LogP contribution in [0.2, 0.25) is 0 Å². The molecule has 0 aromatic heterocycles. The fourth-order valence-corrected chi connectivity index (χ4v) is 4.20. The maximum Gasteiger partial charge on any atom is 0.231 e. The van der Waals surface area contributed by atoms with Crippen molar-refractivity contribution in [1.82, 2.24) is 4.90 Å². The van der Waals surface area contributed by atoms with Crippen molar-refractivity contribution in [2.24, 2.45) is 0 Å². The molecule has 0 spiro atoms. The van der Waals surface area contributed by atoms with E-state index in [1.54, 1.807) is 14.2 Å². The summed E-state index contributed by atoms with van der Waals surface area (Å²) in [5.74, 6) is 2.97. The van der Waals surface area contributed by atoms with Gasteiger partial charge in [-0.25, -0.2) is 0 Å². The molecule has 1 N–H and O–H groups in total. The molecular weight excluding hydrogens is 358 g/mol. The molecule has 0 saturated heterocycles. The zero-order valence-electron chi connectivity index (χ0n) is 16.6. The summed E-state index contributed by atoms with van der Waals surface area (Å²) in [6.45, 7) is 1.14. The third-order valence-corrected chi connectivity index (χ3v) is 5.67. The summed E-state index contributed by atoms with van der Waals surface area (Å²) >= 11 is 0. The predicted molar refractivity (Wildman–Crippen MR) is 106 cm³/mol. The molecule has 4 rings (SSSR count). The number of benzene rings is 2. The highest BCUT2D eigenvalue weighted by Crippen LogP contribution is 2.50. The number of hydrogen-bond acceptors (Lipinski definition) is 6. The Bertz CT molecular complexity index is 836. The molecule has 6 nitrogen and oxygen atoms in total. The number of fused-ring (bicyclic) bond motifs is 2. The summed E-state index contributed by atoms with van der Waals surface area (Å²) in [5.41, 5.74) is 3.40. The third kappa shape index (κ3) is 3.50. The quantitative estimate of drug-likeness (QED) is 0.825. The monoisotopic (exact) mass is 385 g/mol. The molecule has 2 aromatic rings. The van der Waals surface area contributed by atoms with Gasteiger partial charge in [0, 0.05) is 18.2 Å². The normalized spacial score (nSPS) is 19.2. The van der Waals surface area contributed by atoms with Crippen LogP contribution in [-0.2, 0) is 12.8 Å². The van der Waals surface area contributed by atoms with Gasteiger partial charge in [0.15, 0.2) is 11.5 Å². The molecule has 2 atom stereocenters. The van der Waals surface area contributed by atoms with E-state index in [1.807, 2.05) is 24.3 Å². The predicted octanol–water partition coefficient (Wildman–Crippen LogP) is 2.96. The van der Waals surface area contributed by atoms with Gasteiger partial charge < -0.3 is 24.1 Å². The Morgan fingerprint density at radius 2 is 1.96 bits per heavy atom. The Balaban J connectivity index is 1.58. The van der Waals surface area contributed by atoms with Gasteiger partial charge in [-0.3, -0.25) is 4.90 Å². The first kappa shape index (κ1) is 18.9. The second-order valence-corrected chi connectivity index (χ2v) is 7.40. The number of likely N-dealkylation sites (N-methyl/N-ethyl adjacent to an activating group) is 1. The molecule has 28 heavy (non-hydrogen) atoms. The fraction of sp³-hybridized carbons (Fsp3) is 0.455. The minimum absolute atomic E-state index is 0.0569. The van der Waals surface area contributed by atoms with Gasteiger partial charge in [0.1, 0.15) is 5.75 Å². The van der Waals surface area contributed by atoms with Crippen molar-refractivity contribution in [3.8, 4) is 23.0 Å². The molecular formula is C22H27NO5. The summed E-state index contributed by atoms with van der Waals surface area (Å²) in [4.78, 5) is 2.28. The molecule has 0 saturated carbocycles. The Morgan fingerprint density at radius 3 is 2.68 bits per heavy atom. The van der Waals surface area contributed by atoms with Gasteiger partial charge in [-0.15, -0.1) is 0 Å². The van der Waals surface area contributed by atoms with E-state index in [0.717, 1.165) is 41.3 Å². The van der Waals surface area contributed by atoms with Gasteiger partial charge >= 0.3 is 0 Å². The maximum atomic E-state index is 10.8. The van der Waals surface area contributed by atoms with Crippen LogP contribution in [0.15, 0.2) is 30.3 Å². The lowest BCUT2D eigenvalue weighted by Gasteiger charge is -2.37. The van der Waals surface area contributed by atoms with E-state index in [9.17, 15) is 5.11 Å². The molecule has 0 aliphatic carbocycles. The van der Waals surface area contributed by atoms with Crippen LogP contribution in [0.1, 0.15) is 29.2 Å². The zero-order chi connectivity index (χ0) is 19.7. The van der Waals surface area contributed by atoms with E-state index in [-0.39, 0.29) is 12.8 Å². The molecule has 2 aromatic carbocycles. The number of hydrogen-bond donors (Lipinski definition) is 1. The zero-order valence-corrected chi connectivity index (χ0v) is 16.6. The lowest BCUT2D eigenvalue weighted by atomic mass is 9.87. The van der Waals surface area contributed by atoms with E-state index in [4.69, 9.17) is 18.9 Å². The largest absolute Gasteiger partial charge is 0.497 e. The van der Waals surface area contributed by atoms with E-state index in [1.165, 1.54) is 5.56 Å². The summed E-state index contributed by atoms with van der Waals surface area (Å²) < 4.78 is 22.2. The average molecular weight is 385 g/mol. The SMILES string of the molecule is COc1ccc(C[C@H](O)C[C@@H]2c3c(cc4c(c3OC)OCO4)CCN2C)cc1.